The number of hydrogen-bond donors (Lipinski definition) is 0. The minimum absolute atomic E-state index is 0.0831. The van der Waals surface area contributed by atoms with Crippen LogP contribution in [0.3, 0.4) is 0 Å². The summed E-state index contributed by atoms with van der Waals surface area (Å²) in [6.45, 7) is 4.00. The highest BCUT2D eigenvalue weighted by Crippen LogP contribution is 2.57. The van der Waals surface area contributed by atoms with Gasteiger partial charge in [0.05, 0.1) is 29.7 Å². The first-order valence-corrected chi connectivity index (χ1v) is 9.01. The average molecular weight is 274 g/mol. The van der Waals surface area contributed by atoms with Gasteiger partial charge in [-0.1, -0.05) is 13.8 Å². The zero-order valence-electron chi connectivity index (χ0n) is 11.2. The normalized spacial score (nSPS) is 52.1. The van der Waals surface area contributed by atoms with Gasteiger partial charge in [-0.05, 0) is 19.3 Å². The van der Waals surface area contributed by atoms with E-state index in [4.69, 9.17) is 9.47 Å². The molecular weight excluding hydrogens is 252 g/mol. The van der Waals surface area contributed by atoms with E-state index in [9.17, 15) is 8.42 Å². The molecule has 104 valence electrons. The highest BCUT2D eigenvalue weighted by atomic mass is 32.2. The molecule has 0 aromatic heterocycles. The molecule has 4 aliphatic rings. The second-order valence-electron chi connectivity index (χ2n) is 5.69. The van der Waals surface area contributed by atoms with Gasteiger partial charge in [-0.15, -0.1) is 0 Å². The van der Waals surface area contributed by atoms with E-state index in [1.165, 1.54) is 6.26 Å². The van der Waals surface area contributed by atoms with Gasteiger partial charge in [0.1, 0.15) is 0 Å². The molecule has 0 N–H and O–H groups in total. The Balaban J connectivity index is 0.000000478. The number of sulfone groups is 1. The van der Waals surface area contributed by atoms with Crippen molar-refractivity contribution >= 4 is 9.84 Å². The second-order valence-corrected chi connectivity index (χ2v) is 7.95. The molecule has 0 saturated carbocycles. The Hall–Kier alpha value is -0.130. The SMILES string of the molecule is CC.CS(=O)(=O)C1CC2OC1C1C3CCC(O3)C21. The van der Waals surface area contributed by atoms with Crippen LogP contribution in [0.25, 0.3) is 0 Å². The molecule has 0 amide bonds. The number of rotatable bonds is 1. The predicted octanol–water partition coefficient (Wildman–Crippen LogP) is 1.39. The van der Waals surface area contributed by atoms with Crippen molar-refractivity contribution in [2.45, 2.75) is 62.8 Å². The van der Waals surface area contributed by atoms with Gasteiger partial charge < -0.3 is 9.47 Å². The third-order valence-electron chi connectivity index (χ3n) is 4.91. The first kappa shape index (κ1) is 12.9. The molecule has 0 spiro atoms. The van der Waals surface area contributed by atoms with E-state index in [0.29, 0.717) is 24.4 Å². The second kappa shape index (κ2) is 4.18. The van der Waals surface area contributed by atoms with Crippen LogP contribution >= 0.6 is 0 Å². The zero-order valence-corrected chi connectivity index (χ0v) is 12.0. The first-order chi connectivity index (χ1) is 8.55. The van der Waals surface area contributed by atoms with Crippen molar-refractivity contribution < 1.29 is 17.9 Å². The summed E-state index contributed by atoms with van der Waals surface area (Å²) in [7, 11) is -2.97. The third kappa shape index (κ3) is 1.60. The van der Waals surface area contributed by atoms with Crippen LogP contribution in [0, 0.1) is 11.8 Å². The van der Waals surface area contributed by atoms with Crippen molar-refractivity contribution in [1.82, 2.24) is 0 Å². The summed E-state index contributed by atoms with van der Waals surface area (Å²) < 4.78 is 35.2. The van der Waals surface area contributed by atoms with Crippen LogP contribution in [-0.4, -0.2) is 44.3 Å². The van der Waals surface area contributed by atoms with Gasteiger partial charge in [-0.25, -0.2) is 8.42 Å². The van der Waals surface area contributed by atoms with E-state index in [1.54, 1.807) is 0 Å². The lowest BCUT2D eigenvalue weighted by atomic mass is 9.71. The van der Waals surface area contributed by atoms with E-state index < -0.39 is 9.84 Å². The van der Waals surface area contributed by atoms with Crippen molar-refractivity contribution in [1.29, 1.82) is 0 Å². The van der Waals surface area contributed by atoms with Crippen LogP contribution in [0.1, 0.15) is 33.1 Å². The smallest absolute Gasteiger partial charge is 0.152 e. The standard InChI is InChI=1S/C11H16O4S.C2H6/c1-16(12,13)8-4-7-9-5-2-3-6(14-5)10(9)11(8)15-7;1-2/h5-11H,2-4H2,1H3;1-2H3. The van der Waals surface area contributed by atoms with Gasteiger partial charge in [0.25, 0.3) is 0 Å². The largest absolute Gasteiger partial charge is 0.374 e. The molecule has 4 aliphatic heterocycles. The van der Waals surface area contributed by atoms with Gasteiger partial charge in [0.2, 0.25) is 0 Å². The number of fused-ring (bicyclic) bond motifs is 9. The monoisotopic (exact) mass is 274 g/mol. The van der Waals surface area contributed by atoms with Crippen LogP contribution in [0.15, 0.2) is 0 Å². The maximum atomic E-state index is 11.7. The van der Waals surface area contributed by atoms with E-state index in [2.05, 4.69) is 0 Å². The molecule has 7 unspecified atom stereocenters. The lowest BCUT2D eigenvalue weighted by molar-refractivity contribution is 0.00809. The van der Waals surface area contributed by atoms with Gasteiger partial charge in [-0.3, -0.25) is 0 Å². The zero-order chi connectivity index (χ0) is 13.1. The first-order valence-electron chi connectivity index (χ1n) is 7.05. The quantitative estimate of drug-likeness (QED) is 0.725. The van der Waals surface area contributed by atoms with Gasteiger partial charge >= 0.3 is 0 Å². The summed E-state index contributed by atoms with van der Waals surface area (Å²) >= 11 is 0. The summed E-state index contributed by atoms with van der Waals surface area (Å²) in [5.74, 6) is 0.846. The lowest BCUT2D eigenvalue weighted by Crippen LogP contribution is -2.45. The van der Waals surface area contributed by atoms with E-state index in [0.717, 1.165) is 12.8 Å². The van der Waals surface area contributed by atoms with E-state index in [-0.39, 0.29) is 23.6 Å². The molecule has 0 radical (unpaired) electrons. The predicted molar refractivity (Wildman–Crippen MR) is 68.1 cm³/mol. The highest BCUT2D eigenvalue weighted by molar-refractivity contribution is 7.91. The average Bonchev–Trinajstić information content (AvgIpc) is 3.08. The van der Waals surface area contributed by atoms with Crippen molar-refractivity contribution in [3.05, 3.63) is 0 Å². The lowest BCUT2D eigenvalue weighted by Gasteiger charge is -2.32. The van der Waals surface area contributed by atoms with Crippen molar-refractivity contribution in [3.8, 4) is 0 Å². The molecule has 4 bridgehead atoms. The molecule has 4 saturated heterocycles. The highest BCUT2D eigenvalue weighted by Gasteiger charge is 2.66. The molecule has 4 heterocycles. The van der Waals surface area contributed by atoms with Crippen molar-refractivity contribution in [2.24, 2.45) is 11.8 Å². The van der Waals surface area contributed by atoms with Crippen LogP contribution < -0.4 is 0 Å². The topological polar surface area (TPSA) is 52.6 Å². The van der Waals surface area contributed by atoms with E-state index in [1.807, 2.05) is 13.8 Å². The summed E-state index contributed by atoms with van der Waals surface area (Å²) in [5.41, 5.74) is 0. The number of ether oxygens (including phenoxy) is 2. The minimum Gasteiger partial charge on any atom is -0.374 e. The summed E-state index contributed by atoms with van der Waals surface area (Å²) in [4.78, 5) is 0. The van der Waals surface area contributed by atoms with Crippen LogP contribution in [0.5, 0.6) is 0 Å². The van der Waals surface area contributed by atoms with Gasteiger partial charge in [0.15, 0.2) is 9.84 Å². The Labute approximate surface area is 109 Å². The fourth-order valence-corrected chi connectivity index (χ4v) is 5.65. The summed E-state index contributed by atoms with van der Waals surface area (Å²) in [6.07, 6.45) is 4.95. The molecule has 4 rings (SSSR count). The van der Waals surface area contributed by atoms with E-state index >= 15 is 0 Å². The number of hydrogen-bond acceptors (Lipinski definition) is 4. The molecular formula is C13H22O4S. The van der Waals surface area contributed by atoms with Crippen molar-refractivity contribution in [3.63, 3.8) is 0 Å². The van der Waals surface area contributed by atoms with Crippen LogP contribution in [0.4, 0.5) is 0 Å². The van der Waals surface area contributed by atoms with Gasteiger partial charge in [-0.2, -0.15) is 0 Å². The Morgan fingerprint density at radius 1 is 0.944 bits per heavy atom. The maximum Gasteiger partial charge on any atom is 0.152 e. The maximum absolute atomic E-state index is 11.7. The molecule has 4 fully saturated rings. The Kier molecular flexibility index (Phi) is 2.99. The Morgan fingerprint density at radius 2 is 1.56 bits per heavy atom. The van der Waals surface area contributed by atoms with Crippen molar-refractivity contribution in [2.75, 3.05) is 6.26 Å². The molecule has 0 aliphatic carbocycles. The molecule has 0 aromatic carbocycles. The fourth-order valence-electron chi connectivity index (χ4n) is 4.38. The molecule has 5 heteroatoms. The molecule has 7 atom stereocenters. The van der Waals surface area contributed by atoms with Crippen LogP contribution in [0.2, 0.25) is 0 Å². The van der Waals surface area contributed by atoms with Crippen LogP contribution in [-0.2, 0) is 19.3 Å². The summed E-state index contributed by atoms with van der Waals surface area (Å²) in [6, 6.07) is 0. The molecule has 18 heavy (non-hydrogen) atoms. The fraction of sp³-hybridized carbons (Fsp3) is 1.00. The summed E-state index contributed by atoms with van der Waals surface area (Å²) in [5, 5.41) is -0.276. The Bertz CT molecular complexity index is 432. The minimum atomic E-state index is -2.97. The Morgan fingerprint density at radius 3 is 2.17 bits per heavy atom. The third-order valence-corrected chi connectivity index (χ3v) is 6.47. The molecule has 4 nitrogen and oxygen atoms in total. The van der Waals surface area contributed by atoms with Gasteiger partial charge in [0, 0.05) is 18.1 Å². The molecule has 0 aromatic rings.